The summed E-state index contributed by atoms with van der Waals surface area (Å²) < 4.78 is 5.36. The maximum atomic E-state index is 5.94. The average Bonchev–Trinajstić information content (AvgIpc) is 2.30. The second kappa shape index (κ2) is 5.17. The molecule has 0 amide bonds. The van der Waals surface area contributed by atoms with Crippen LogP contribution in [0.5, 0.6) is 0 Å². The molecule has 0 saturated heterocycles. The maximum Gasteiger partial charge on any atom is 0.0607 e. The minimum absolute atomic E-state index is 0.135. The van der Waals surface area contributed by atoms with Crippen molar-refractivity contribution in [3.8, 4) is 0 Å². The van der Waals surface area contributed by atoms with E-state index in [9.17, 15) is 0 Å². The van der Waals surface area contributed by atoms with Crippen molar-refractivity contribution in [1.29, 1.82) is 0 Å². The lowest BCUT2D eigenvalue weighted by Gasteiger charge is -2.52. The third-order valence-corrected chi connectivity index (χ3v) is 4.00. The van der Waals surface area contributed by atoms with Gasteiger partial charge in [-0.15, -0.1) is 0 Å². The van der Waals surface area contributed by atoms with Crippen molar-refractivity contribution in [2.24, 2.45) is 5.73 Å². The molecule has 1 aromatic carbocycles. The Morgan fingerprint density at radius 3 is 2.53 bits per heavy atom. The highest BCUT2D eigenvalue weighted by molar-refractivity contribution is 5.16. The van der Waals surface area contributed by atoms with E-state index in [1.54, 1.807) is 7.11 Å². The molecule has 0 atom stereocenters. The van der Waals surface area contributed by atoms with E-state index in [4.69, 9.17) is 10.5 Å². The van der Waals surface area contributed by atoms with Crippen molar-refractivity contribution in [2.45, 2.75) is 31.0 Å². The fraction of sp³-hybridized carbons (Fsp3) is 0.571. The van der Waals surface area contributed by atoms with Gasteiger partial charge in [0.15, 0.2) is 0 Å². The summed E-state index contributed by atoms with van der Waals surface area (Å²) in [6, 6.07) is 10.5. The van der Waals surface area contributed by atoms with Crippen LogP contribution in [0, 0.1) is 0 Å². The second-order valence-corrected chi connectivity index (χ2v) is 5.04. The minimum Gasteiger partial charge on any atom is -0.381 e. The molecule has 2 rings (SSSR count). The largest absolute Gasteiger partial charge is 0.381 e. The molecule has 1 aliphatic rings. The smallest absolute Gasteiger partial charge is 0.0607 e. The fourth-order valence-electron chi connectivity index (χ4n) is 2.61. The van der Waals surface area contributed by atoms with Gasteiger partial charge in [-0.2, -0.15) is 0 Å². The Kier molecular flexibility index (Phi) is 3.82. The highest BCUT2D eigenvalue weighted by Gasteiger charge is 2.46. The molecule has 1 aromatic rings. The van der Waals surface area contributed by atoms with Crippen LogP contribution in [-0.2, 0) is 11.3 Å². The zero-order chi connectivity index (χ0) is 12.3. The molecule has 0 bridgehead atoms. The van der Waals surface area contributed by atoms with Crippen LogP contribution in [0.15, 0.2) is 30.3 Å². The van der Waals surface area contributed by atoms with Gasteiger partial charge in [0.1, 0.15) is 0 Å². The number of hydrogen-bond donors (Lipinski definition) is 1. The van der Waals surface area contributed by atoms with Gasteiger partial charge in [0.05, 0.1) is 6.10 Å². The van der Waals surface area contributed by atoms with Crippen LogP contribution in [-0.4, -0.2) is 37.2 Å². The molecule has 0 aliphatic heterocycles. The molecular weight excluding hydrogens is 212 g/mol. The first-order valence-electron chi connectivity index (χ1n) is 6.18. The molecule has 0 spiro atoms. The molecule has 1 aliphatic carbocycles. The lowest BCUT2D eigenvalue weighted by atomic mass is 9.73. The number of methoxy groups -OCH3 is 1. The van der Waals surface area contributed by atoms with Gasteiger partial charge < -0.3 is 10.5 Å². The van der Waals surface area contributed by atoms with Gasteiger partial charge in [-0.25, -0.2) is 0 Å². The molecule has 3 heteroatoms. The number of ether oxygens (including phenoxy) is 1. The Labute approximate surface area is 104 Å². The van der Waals surface area contributed by atoms with E-state index in [2.05, 4.69) is 36.2 Å². The standard InChI is InChI=1S/C14H22N2O/c1-16(10-12-6-4-3-5-7-12)14(11-15)8-13(9-14)17-2/h3-7,13H,8-11,15H2,1-2H3. The van der Waals surface area contributed by atoms with Crippen LogP contribution >= 0.6 is 0 Å². The third-order valence-electron chi connectivity index (χ3n) is 4.00. The van der Waals surface area contributed by atoms with E-state index >= 15 is 0 Å². The maximum absolute atomic E-state index is 5.94. The number of nitrogens with two attached hydrogens (primary N) is 1. The number of benzene rings is 1. The lowest BCUT2D eigenvalue weighted by Crippen LogP contribution is -2.62. The Morgan fingerprint density at radius 2 is 2.00 bits per heavy atom. The van der Waals surface area contributed by atoms with Crippen LogP contribution in [0.25, 0.3) is 0 Å². The van der Waals surface area contributed by atoms with E-state index < -0.39 is 0 Å². The number of rotatable bonds is 5. The first-order chi connectivity index (χ1) is 8.20. The van der Waals surface area contributed by atoms with Crippen molar-refractivity contribution >= 4 is 0 Å². The topological polar surface area (TPSA) is 38.5 Å². The SMILES string of the molecule is COC1CC(CN)(N(C)Cc2ccccc2)C1. The third kappa shape index (κ3) is 2.51. The summed E-state index contributed by atoms with van der Waals surface area (Å²) in [6.07, 6.45) is 2.48. The predicted octanol–water partition coefficient (Wildman–Crippen LogP) is 1.62. The second-order valence-electron chi connectivity index (χ2n) is 5.04. The number of likely N-dealkylation sites (N-methyl/N-ethyl adjacent to an activating group) is 1. The molecule has 17 heavy (non-hydrogen) atoms. The van der Waals surface area contributed by atoms with Crippen LogP contribution in [0.3, 0.4) is 0 Å². The highest BCUT2D eigenvalue weighted by atomic mass is 16.5. The van der Waals surface area contributed by atoms with E-state index in [0.717, 1.165) is 19.4 Å². The molecule has 1 fully saturated rings. The van der Waals surface area contributed by atoms with Gasteiger partial charge in [-0.1, -0.05) is 30.3 Å². The van der Waals surface area contributed by atoms with Crippen molar-refractivity contribution in [3.63, 3.8) is 0 Å². The Morgan fingerprint density at radius 1 is 1.35 bits per heavy atom. The van der Waals surface area contributed by atoms with E-state index in [1.807, 2.05) is 6.07 Å². The van der Waals surface area contributed by atoms with Gasteiger partial charge in [-0.3, -0.25) is 4.90 Å². The molecular formula is C14H22N2O. The van der Waals surface area contributed by atoms with Crippen molar-refractivity contribution in [1.82, 2.24) is 4.90 Å². The van der Waals surface area contributed by atoms with Crippen LogP contribution in [0.4, 0.5) is 0 Å². The van der Waals surface area contributed by atoms with Crippen molar-refractivity contribution < 1.29 is 4.74 Å². The first-order valence-corrected chi connectivity index (χ1v) is 6.18. The Bertz CT molecular complexity index is 346. The molecule has 0 unspecified atom stereocenters. The predicted molar refractivity (Wildman–Crippen MR) is 69.7 cm³/mol. The number of hydrogen-bond acceptors (Lipinski definition) is 3. The van der Waals surface area contributed by atoms with Crippen molar-refractivity contribution in [2.75, 3.05) is 20.7 Å². The van der Waals surface area contributed by atoms with Gasteiger partial charge in [0, 0.05) is 25.7 Å². The molecule has 94 valence electrons. The Hall–Kier alpha value is -0.900. The summed E-state index contributed by atoms with van der Waals surface area (Å²) >= 11 is 0. The molecule has 0 aromatic heterocycles. The fourth-order valence-corrected chi connectivity index (χ4v) is 2.61. The average molecular weight is 234 g/mol. The first kappa shape index (κ1) is 12.6. The van der Waals surface area contributed by atoms with Gasteiger partial charge >= 0.3 is 0 Å². The van der Waals surface area contributed by atoms with E-state index in [0.29, 0.717) is 12.6 Å². The summed E-state index contributed by atoms with van der Waals surface area (Å²) in [6.45, 7) is 1.66. The summed E-state index contributed by atoms with van der Waals surface area (Å²) in [5.74, 6) is 0. The summed E-state index contributed by atoms with van der Waals surface area (Å²) in [7, 11) is 3.94. The lowest BCUT2D eigenvalue weighted by molar-refractivity contribution is -0.0811. The zero-order valence-electron chi connectivity index (χ0n) is 10.7. The molecule has 0 radical (unpaired) electrons. The van der Waals surface area contributed by atoms with Crippen LogP contribution in [0.1, 0.15) is 18.4 Å². The number of nitrogens with zero attached hydrogens (tertiary/aromatic N) is 1. The molecule has 2 N–H and O–H groups in total. The van der Waals surface area contributed by atoms with E-state index in [1.165, 1.54) is 5.56 Å². The normalized spacial score (nSPS) is 28.1. The summed E-state index contributed by atoms with van der Waals surface area (Å²) in [4.78, 5) is 2.37. The zero-order valence-corrected chi connectivity index (χ0v) is 10.7. The Balaban J connectivity index is 1.97. The van der Waals surface area contributed by atoms with Gasteiger partial charge in [0.25, 0.3) is 0 Å². The quantitative estimate of drug-likeness (QED) is 0.841. The van der Waals surface area contributed by atoms with E-state index in [-0.39, 0.29) is 5.54 Å². The van der Waals surface area contributed by atoms with Crippen LogP contribution in [0.2, 0.25) is 0 Å². The van der Waals surface area contributed by atoms with Crippen molar-refractivity contribution in [3.05, 3.63) is 35.9 Å². The molecule has 0 heterocycles. The van der Waals surface area contributed by atoms with Gasteiger partial charge in [0.2, 0.25) is 0 Å². The highest BCUT2D eigenvalue weighted by Crippen LogP contribution is 2.38. The molecule has 1 saturated carbocycles. The van der Waals surface area contributed by atoms with Gasteiger partial charge in [-0.05, 0) is 25.5 Å². The summed E-state index contributed by atoms with van der Waals surface area (Å²) in [5.41, 5.74) is 7.42. The monoisotopic (exact) mass is 234 g/mol. The minimum atomic E-state index is 0.135. The van der Waals surface area contributed by atoms with Crippen LogP contribution < -0.4 is 5.73 Å². The molecule has 3 nitrogen and oxygen atoms in total. The summed E-state index contributed by atoms with van der Waals surface area (Å²) in [5, 5.41) is 0.